The van der Waals surface area contributed by atoms with Crippen molar-refractivity contribution in [1.29, 1.82) is 0 Å². The van der Waals surface area contributed by atoms with Gasteiger partial charge in [-0.25, -0.2) is 14.5 Å². The molecule has 0 radical (unpaired) electrons. The SMILES string of the molecule is CC(=O)Nc1cccc(C(C)OC(=O)c2cnn(-c3ccc(C(F)(F)F)cn3)c2C)c1. The van der Waals surface area contributed by atoms with Crippen molar-refractivity contribution in [1.82, 2.24) is 14.8 Å². The Balaban J connectivity index is 1.76. The second-order valence-corrected chi connectivity index (χ2v) is 6.81. The van der Waals surface area contributed by atoms with E-state index < -0.39 is 23.8 Å². The van der Waals surface area contributed by atoms with Gasteiger partial charge in [0.15, 0.2) is 5.82 Å². The van der Waals surface area contributed by atoms with Crippen LogP contribution in [0.4, 0.5) is 18.9 Å². The smallest absolute Gasteiger partial charge is 0.417 e. The standard InChI is InChI=1S/C21H19F3N4O3/c1-12-18(11-26-28(12)19-8-7-16(10-25-19)21(22,23)24)20(30)31-13(2)15-5-4-6-17(9-15)27-14(3)29/h4-11,13H,1-3H3,(H,27,29). The van der Waals surface area contributed by atoms with E-state index in [2.05, 4.69) is 15.4 Å². The van der Waals surface area contributed by atoms with Crippen molar-refractivity contribution in [3.05, 3.63) is 71.2 Å². The number of hydrogen-bond donors (Lipinski definition) is 1. The Morgan fingerprint density at radius 2 is 1.90 bits per heavy atom. The molecule has 1 amide bonds. The topological polar surface area (TPSA) is 86.1 Å². The van der Waals surface area contributed by atoms with Crippen LogP contribution in [0, 0.1) is 6.92 Å². The van der Waals surface area contributed by atoms with E-state index in [4.69, 9.17) is 4.74 Å². The molecule has 0 bridgehead atoms. The van der Waals surface area contributed by atoms with Crippen molar-refractivity contribution in [2.45, 2.75) is 33.1 Å². The van der Waals surface area contributed by atoms with Crippen LogP contribution in [0.15, 0.2) is 48.8 Å². The molecule has 3 aromatic rings. The summed E-state index contributed by atoms with van der Waals surface area (Å²) in [6, 6.07) is 8.96. The van der Waals surface area contributed by atoms with Crippen LogP contribution in [-0.2, 0) is 15.7 Å². The van der Waals surface area contributed by atoms with E-state index >= 15 is 0 Å². The van der Waals surface area contributed by atoms with Crippen LogP contribution in [-0.4, -0.2) is 26.6 Å². The fraction of sp³-hybridized carbons (Fsp3) is 0.238. The number of aromatic nitrogens is 3. The molecule has 162 valence electrons. The fourth-order valence-corrected chi connectivity index (χ4v) is 2.88. The lowest BCUT2D eigenvalue weighted by Crippen LogP contribution is -2.12. The van der Waals surface area contributed by atoms with Crippen LogP contribution in [0.1, 0.15) is 47.1 Å². The zero-order chi connectivity index (χ0) is 22.8. The first kappa shape index (κ1) is 22.0. The number of nitrogens with zero attached hydrogens (tertiary/aromatic N) is 3. The van der Waals surface area contributed by atoms with Gasteiger partial charge in [-0.05, 0) is 43.7 Å². The van der Waals surface area contributed by atoms with Gasteiger partial charge < -0.3 is 10.1 Å². The van der Waals surface area contributed by atoms with Crippen molar-refractivity contribution in [3.63, 3.8) is 0 Å². The molecule has 0 aliphatic rings. The third kappa shape index (κ3) is 5.08. The number of nitrogens with one attached hydrogen (secondary N) is 1. The number of ether oxygens (including phenoxy) is 1. The molecular weight excluding hydrogens is 413 g/mol. The first-order chi connectivity index (χ1) is 14.6. The third-order valence-corrected chi connectivity index (χ3v) is 4.48. The maximum absolute atomic E-state index is 12.7. The van der Waals surface area contributed by atoms with Crippen molar-refractivity contribution < 1.29 is 27.5 Å². The van der Waals surface area contributed by atoms with Crippen molar-refractivity contribution in [2.75, 3.05) is 5.32 Å². The molecule has 1 aromatic carbocycles. The van der Waals surface area contributed by atoms with Gasteiger partial charge in [-0.15, -0.1) is 0 Å². The van der Waals surface area contributed by atoms with Crippen LogP contribution >= 0.6 is 0 Å². The molecule has 0 saturated heterocycles. The van der Waals surface area contributed by atoms with E-state index in [1.165, 1.54) is 23.9 Å². The second-order valence-electron chi connectivity index (χ2n) is 6.81. The molecule has 0 saturated carbocycles. The number of halogens is 3. The van der Waals surface area contributed by atoms with Gasteiger partial charge in [-0.3, -0.25) is 4.79 Å². The summed E-state index contributed by atoms with van der Waals surface area (Å²) < 4.78 is 44.9. The molecule has 1 atom stereocenters. The van der Waals surface area contributed by atoms with Gasteiger partial charge in [0.25, 0.3) is 0 Å². The largest absolute Gasteiger partial charge is 0.454 e. The summed E-state index contributed by atoms with van der Waals surface area (Å²) in [6.07, 6.45) is -3.13. The van der Waals surface area contributed by atoms with E-state index in [1.54, 1.807) is 38.1 Å². The number of hydrogen-bond acceptors (Lipinski definition) is 5. The summed E-state index contributed by atoms with van der Waals surface area (Å²) in [7, 11) is 0. The molecule has 2 aromatic heterocycles. The van der Waals surface area contributed by atoms with E-state index in [0.717, 1.165) is 6.07 Å². The Morgan fingerprint density at radius 3 is 2.52 bits per heavy atom. The molecule has 0 fully saturated rings. The highest BCUT2D eigenvalue weighted by Crippen LogP contribution is 2.29. The number of esters is 1. The first-order valence-corrected chi connectivity index (χ1v) is 9.23. The Morgan fingerprint density at radius 1 is 1.16 bits per heavy atom. The number of pyridine rings is 1. The van der Waals surface area contributed by atoms with E-state index in [1.807, 2.05) is 0 Å². The summed E-state index contributed by atoms with van der Waals surface area (Å²) >= 11 is 0. The molecule has 0 aliphatic carbocycles. The average Bonchev–Trinajstić information content (AvgIpc) is 3.08. The van der Waals surface area contributed by atoms with E-state index in [9.17, 15) is 22.8 Å². The highest BCUT2D eigenvalue weighted by Gasteiger charge is 2.31. The Kier molecular flexibility index (Phi) is 6.09. The number of benzene rings is 1. The number of rotatable bonds is 5. The van der Waals surface area contributed by atoms with Gasteiger partial charge in [-0.1, -0.05) is 12.1 Å². The third-order valence-electron chi connectivity index (χ3n) is 4.48. The van der Waals surface area contributed by atoms with Crippen molar-refractivity contribution >= 4 is 17.6 Å². The number of carbonyl (C=O) groups is 2. The molecule has 10 heteroatoms. The fourth-order valence-electron chi connectivity index (χ4n) is 2.88. The number of carbonyl (C=O) groups excluding carboxylic acids is 2. The lowest BCUT2D eigenvalue weighted by atomic mass is 10.1. The highest BCUT2D eigenvalue weighted by atomic mass is 19.4. The molecule has 1 unspecified atom stereocenters. The van der Waals surface area contributed by atoms with Crippen LogP contribution in [0.5, 0.6) is 0 Å². The minimum atomic E-state index is -4.49. The molecule has 1 N–H and O–H groups in total. The molecule has 0 spiro atoms. The minimum Gasteiger partial charge on any atom is -0.454 e. The van der Waals surface area contributed by atoms with Crippen molar-refractivity contribution in [2.24, 2.45) is 0 Å². The lowest BCUT2D eigenvalue weighted by Gasteiger charge is -2.15. The van der Waals surface area contributed by atoms with Crippen LogP contribution in [0.2, 0.25) is 0 Å². The van der Waals surface area contributed by atoms with E-state index in [0.29, 0.717) is 23.1 Å². The second kappa shape index (κ2) is 8.58. The summed E-state index contributed by atoms with van der Waals surface area (Å²) in [4.78, 5) is 27.6. The summed E-state index contributed by atoms with van der Waals surface area (Å²) in [5.74, 6) is -0.726. The first-order valence-electron chi connectivity index (χ1n) is 9.23. The number of anilines is 1. The number of amides is 1. The normalized spacial score (nSPS) is 12.3. The van der Waals surface area contributed by atoms with Gasteiger partial charge in [0, 0.05) is 18.8 Å². The highest BCUT2D eigenvalue weighted by molar-refractivity contribution is 5.91. The minimum absolute atomic E-state index is 0.139. The van der Waals surface area contributed by atoms with Crippen LogP contribution < -0.4 is 5.32 Å². The Hall–Kier alpha value is -3.69. The monoisotopic (exact) mass is 432 g/mol. The predicted octanol–water partition coefficient (Wildman–Crippen LogP) is 4.47. The molecule has 31 heavy (non-hydrogen) atoms. The summed E-state index contributed by atoms with van der Waals surface area (Å²) in [6.45, 7) is 4.66. The zero-order valence-electron chi connectivity index (χ0n) is 16.9. The van der Waals surface area contributed by atoms with Gasteiger partial charge in [0.05, 0.1) is 17.5 Å². The van der Waals surface area contributed by atoms with Gasteiger partial charge in [0.2, 0.25) is 5.91 Å². The van der Waals surface area contributed by atoms with Crippen molar-refractivity contribution in [3.8, 4) is 5.82 Å². The van der Waals surface area contributed by atoms with Gasteiger partial charge in [-0.2, -0.15) is 18.3 Å². The quantitative estimate of drug-likeness (QED) is 0.601. The van der Waals surface area contributed by atoms with Crippen LogP contribution in [0.25, 0.3) is 5.82 Å². The Bertz CT molecular complexity index is 1110. The zero-order valence-corrected chi connectivity index (χ0v) is 16.9. The summed E-state index contributed by atoms with van der Waals surface area (Å²) in [5, 5.41) is 6.71. The molecular formula is C21H19F3N4O3. The van der Waals surface area contributed by atoms with E-state index in [-0.39, 0.29) is 17.3 Å². The molecule has 2 heterocycles. The predicted molar refractivity (Wildman–Crippen MR) is 106 cm³/mol. The maximum atomic E-state index is 12.7. The number of alkyl halides is 3. The maximum Gasteiger partial charge on any atom is 0.417 e. The average molecular weight is 432 g/mol. The lowest BCUT2D eigenvalue weighted by molar-refractivity contribution is -0.137. The van der Waals surface area contributed by atoms with Gasteiger partial charge in [0.1, 0.15) is 11.7 Å². The molecule has 3 rings (SSSR count). The summed E-state index contributed by atoms with van der Waals surface area (Å²) in [5.41, 5.74) is 0.901. The Labute approximate surface area is 175 Å². The van der Waals surface area contributed by atoms with Crippen LogP contribution in [0.3, 0.4) is 0 Å². The molecule has 7 nitrogen and oxygen atoms in total. The van der Waals surface area contributed by atoms with Gasteiger partial charge >= 0.3 is 12.1 Å². The molecule has 0 aliphatic heterocycles.